The van der Waals surface area contributed by atoms with Gasteiger partial charge >= 0.3 is 5.97 Å². The molecule has 4 nitrogen and oxygen atoms in total. The number of hydrogen-bond donors (Lipinski definition) is 1. The molecule has 0 radical (unpaired) electrons. The topological polar surface area (TPSA) is 49.8 Å². The van der Waals surface area contributed by atoms with Gasteiger partial charge in [-0.15, -0.1) is 0 Å². The first-order valence-electron chi connectivity index (χ1n) is 12.9. The van der Waals surface area contributed by atoms with E-state index in [1.807, 2.05) is 0 Å². The molecular formula is C29H41NO3. The van der Waals surface area contributed by atoms with Crippen LogP contribution in [0.15, 0.2) is 36.4 Å². The summed E-state index contributed by atoms with van der Waals surface area (Å²) in [6, 6.07) is 13.4. The van der Waals surface area contributed by atoms with E-state index in [0.717, 1.165) is 56.9 Å². The molecule has 0 amide bonds. The molecule has 0 spiro atoms. The molecule has 1 N–H and O–H groups in total. The van der Waals surface area contributed by atoms with Gasteiger partial charge in [0, 0.05) is 11.4 Å². The second-order valence-corrected chi connectivity index (χ2v) is 11.4. The van der Waals surface area contributed by atoms with Crippen molar-refractivity contribution in [2.24, 2.45) is 17.3 Å². The van der Waals surface area contributed by atoms with E-state index in [2.05, 4.69) is 69.0 Å². The summed E-state index contributed by atoms with van der Waals surface area (Å²) >= 11 is 0. The lowest BCUT2D eigenvalue weighted by molar-refractivity contribution is -0.142. The maximum Gasteiger partial charge on any atom is 0.306 e. The zero-order valence-electron chi connectivity index (χ0n) is 20.8. The second-order valence-electron chi connectivity index (χ2n) is 11.4. The van der Waals surface area contributed by atoms with Gasteiger partial charge in [-0.1, -0.05) is 45.0 Å². The molecule has 0 bridgehead atoms. The highest BCUT2D eigenvalue weighted by molar-refractivity contribution is 5.89. The summed E-state index contributed by atoms with van der Waals surface area (Å²) in [6.07, 6.45) is 7.56. The summed E-state index contributed by atoms with van der Waals surface area (Å²) < 4.78 is 6.53. The summed E-state index contributed by atoms with van der Waals surface area (Å²) in [5.74, 6) is 0.954. The number of aliphatic carboxylic acids is 1. The Morgan fingerprint density at radius 3 is 2.48 bits per heavy atom. The van der Waals surface area contributed by atoms with Gasteiger partial charge < -0.3 is 9.84 Å². The van der Waals surface area contributed by atoms with Crippen molar-refractivity contribution < 1.29 is 14.6 Å². The molecule has 2 fully saturated rings. The molecule has 1 saturated carbocycles. The molecule has 4 rings (SSSR count). The third kappa shape index (κ3) is 5.71. The first-order chi connectivity index (χ1) is 15.7. The van der Waals surface area contributed by atoms with E-state index < -0.39 is 5.97 Å². The SMILES string of the molecule is CC(c1ccc2c(OC3CCC(C(C)(C)C)CC3)cccc2c1)N1CCCC(C(=O)O)CC1. The number of carbonyl (C=O) groups is 1. The molecule has 1 saturated heterocycles. The lowest BCUT2D eigenvalue weighted by atomic mass is 9.72. The zero-order chi connectivity index (χ0) is 23.6. The highest BCUT2D eigenvalue weighted by atomic mass is 16.5. The van der Waals surface area contributed by atoms with Crippen LogP contribution in [0.5, 0.6) is 5.75 Å². The van der Waals surface area contributed by atoms with Gasteiger partial charge in [-0.05, 0) is 99.4 Å². The van der Waals surface area contributed by atoms with Crippen molar-refractivity contribution in [1.82, 2.24) is 4.90 Å². The van der Waals surface area contributed by atoms with Gasteiger partial charge in [0.05, 0.1) is 12.0 Å². The van der Waals surface area contributed by atoms with E-state index in [1.165, 1.54) is 29.2 Å². The molecule has 1 aliphatic heterocycles. The lowest BCUT2D eigenvalue weighted by Gasteiger charge is -2.37. The number of ether oxygens (including phenoxy) is 1. The minimum atomic E-state index is -0.644. The Morgan fingerprint density at radius 1 is 1.03 bits per heavy atom. The number of nitrogens with zero attached hydrogens (tertiary/aromatic N) is 1. The summed E-state index contributed by atoms with van der Waals surface area (Å²) in [4.78, 5) is 13.8. The van der Waals surface area contributed by atoms with Crippen molar-refractivity contribution in [3.8, 4) is 5.75 Å². The van der Waals surface area contributed by atoms with Gasteiger partial charge in [0.1, 0.15) is 5.75 Å². The van der Waals surface area contributed by atoms with Crippen molar-refractivity contribution in [2.75, 3.05) is 13.1 Å². The van der Waals surface area contributed by atoms with Crippen LogP contribution in [0.3, 0.4) is 0 Å². The Balaban J connectivity index is 1.44. The van der Waals surface area contributed by atoms with Crippen molar-refractivity contribution in [3.63, 3.8) is 0 Å². The summed E-state index contributed by atoms with van der Waals surface area (Å²) in [5, 5.41) is 11.8. The molecule has 33 heavy (non-hydrogen) atoms. The monoisotopic (exact) mass is 451 g/mol. The fraction of sp³-hybridized carbons (Fsp3) is 0.621. The fourth-order valence-corrected chi connectivity index (χ4v) is 5.82. The van der Waals surface area contributed by atoms with E-state index >= 15 is 0 Å². The number of carboxylic acids is 1. The summed E-state index contributed by atoms with van der Waals surface area (Å²) in [7, 11) is 0. The van der Waals surface area contributed by atoms with Crippen LogP contribution in [0, 0.1) is 17.3 Å². The van der Waals surface area contributed by atoms with E-state index in [-0.39, 0.29) is 12.0 Å². The maximum absolute atomic E-state index is 11.4. The molecule has 2 aliphatic rings. The highest BCUT2D eigenvalue weighted by Gasteiger charge is 2.30. The van der Waals surface area contributed by atoms with E-state index in [1.54, 1.807) is 0 Å². The number of carboxylic acid groups (broad SMARTS) is 1. The van der Waals surface area contributed by atoms with Gasteiger partial charge in [0.15, 0.2) is 0 Å². The maximum atomic E-state index is 11.4. The third-order valence-corrected chi connectivity index (χ3v) is 8.20. The van der Waals surface area contributed by atoms with E-state index in [9.17, 15) is 9.90 Å². The number of fused-ring (bicyclic) bond motifs is 1. The standard InChI is InChI=1S/C29H41NO3/c1-20(30-17-6-8-21(16-18-30)28(31)32)22-10-15-26-23(19-22)7-5-9-27(26)33-25-13-11-24(12-14-25)29(2,3)4/h5,7,9-10,15,19-21,24-25H,6,8,11-14,16-18H2,1-4H3,(H,31,32). The van der Waals surface area contributed by atoms with Crippen LogP contribution in [0.1, 0.15) is 84.2 Å². The predicted molar refractivity (Wildman–Crippen MR) is 135 cm³/mol. The van der Waals surface area contributed by atoms with Crippen molar-refractivity contribution in [3.05, 3.63) is 42.0 Å². The van der Waals surface area contributed by atoms with Gasteiger partial charge in [0.25, 0.3) is 0 Å². The fourth-order valence-electron chi connectivity index (χ4n) is 5.82. The summed E-state index contributed by atoms with van der Waals surface area (Å²) in [5.41, 5.74) is 1.68. The van der Waals surface area contributed by atoms with Crippen molar-refractivity contribution in [2.45, 2.75) is 84.8 Å². The Kier molecular flexibility index (Phi) is 7.33. The van der Waals surface area contributed by atoms with Crippen LogP contribution < -0.4 is 4.74 Å². The Bertz CT molecular complexity index is 955. The molecule has 1 heterocycles. The molecule has 2 atom stereocenters. The van der Waals surface area contributed by atoms with Crippen LogP contribution in [0.2, 0.25) is 0 Å². The Hall–Kier alpha value is -2.07. The van der Waals surface area contributed by atoms with Gasteiger partial charge in [-0.25, -0.2) is 0 Å². The smallest absolute Gasteiger partial charge is 0.306 e. The Labute approximate surface area is 199 Å². The first-order valence-corrected chi connectivity index (χ1v) is 12.9. The van der Waals surface area contributed by atoms with Crippen molar-refractivity contribution in [1.29, 1.82) is 0 Å². The number of rotatable bonds is 5. The molecule has 180 valence electrons. The van der Waals surface area contributed by atoms with Gasteiger partial charge in [-0.2, -0.15) is 0 Å². The molecule has 4 heteroatoms. The molecular weight excluding hydrogens is 410 g/mol. The van der Waals surface area contributed by atoms with Crippen LogP contribution in [-0.4, -0.2) is 35.2 Å². The molecule has 1 aliphatic carbocycles. The molecule has 2 aromatic rings. The average Bonchev–Trinajstić information content (AvgIpc) is 3.05. The van der Waals surface area contributed by atoms with Gasteiger partial charge in [0.2, 0.25) is 0 Å². The van der Waals surface area contributed by atoms with Gasteiger partial charge in [-0.3, -0.25) is 9.69 Å². The van der Waals surface area contributed by atoms with Crippen LogP contribution in [-0.2, 0) is 4.79 Å². The largest absolute Gasteiger partial charge is 0.490 e. The predicted octanol–water partition coefficient (Wildman–Crippen LogP) is 7.07. The van der Waals surface area contributed by atoms with Crippen LogP contribution >= 0.6 is 0 Å². The van der Waals surface area contributed by atoms with Crippen LogP contribution in [0.25, 0.3) is 10.8 Å². The van der Waals surface area contributed by atoms with E-state index in [4.69, 9.17) is 4.74 Å². The normalized spacial score (nSPS) is 26.0. The van der Waals surface area contributed by atoms with E-state index in [0.29, 0.717) is 11.5 Å². The van der Waals surface area contributed by atoms with Crippen LogP contribution in [0.4, 0.5) is 0 Å². The minimum Gasteiger partial charge on any atom is -0.490 e. The number of benzene rings is 2. The quantitative estimate of drug-likeness (QED) is 0.528. The number of likely N-dealkylation sites (tertiary alicyclic amines) is 1. The lowest BCUT2D eigenvalue weighted by Crippen LogP contribution is -2.30. The molecule has 2 unspecified atom stereocenters. The second kappa shape index (κ2) is 10.0. The third-order valence-electron chi connectivity index (χ3n) is 8.20. The summed E-state index contributed by atoms with van der Waals surface area (Å²) in [6.45, 7) is 11.1. The highest BCUT2D eigenvalue weighted by Crippen LogP contribution is 2.39. The average molecular weight is 452 g/mol. The minimum absolute atomic E-state index is 0.197. The van der Waals surface area contributed by atoms with Crippen molar-refractivity contribution >= 4 is 16.7 Å². The number of hydrogen-bond acceptors (Lipinski definition) is 3. The molecule has 2 aromatic carbocycles. The Morgan fingerprint density at radius 2 is 1.79 bits per heavy atom. The zero-order valence-corrected chi connectivity index (χ0v) is 20.8. The molecule has 0 aromatic heterocycles. The first kappa shape index (κ1) is 24.1.